The third-order valence-corrected chi connectivity index (χ3v) is 2.44. The van der Waals surface area contributed by atoms with E-state index in [9.17, 15) is 4.79 Å². The third kappa shape index (κ3) is 3.08. The van der Waals surface area contributed by atoms with Crippen molar-refractivity contribution in [3.63, 3.8) is 0 Å². The standard InChI is InChI=1S/C11H17NO3/c1-4-8(11(13)14)5-9-6-10(7(2)3)15-12-9/h6-8H,4-5H2,1-3H3,(H,13,14). The van der Waals surface area contributed by atoms with Crippen LogP contribution in [0, 0.1) is 5.92 Å². The van der Waals surface area contributed by atoms with Gasteiger partial charge >= 0.3 is 5.97 Å². The molecule has 1 heterocycles. The Labute approximate surface area is 89.3 Å². The Kier molecular flexibility index (Phi) is 3.88. The molecule has 4 heteroatoms. The molecule has 0 saturated heterocycles. The summed E-state index contributed by atoms with van der Waals surface area (Å²) in [5, 5.41) is 12.8. The molecule has 1 unspecified atom stereocenters. The Morgan fingerprint density at radius 2 is 2.27 bits per heavy atom. The van der Waals surface area contributed by atoms with Crippen molar-refractivity contribution >= 4 is 5.97 Å². The summed E-state index contributed by atoms with van der Waals surface area (Å²) in [6.45, 7) is 5.89. The number of carbonyl (C=O) groups is 1. The van der Waals surface area contributed by atoms with Crippen molar-refractivity contribution in [1.82, 2.24) is 5.16 Å². The molecule has 1 aromatic heterocycles. The molecule has 4 nitrogen and oxygen atoms in total. The minimum atomic E-state index is -0.772. The minimum absolute atomic E-state index is 0.288. The van der Waals surface area contributed by atoms with Gasteiger partial charge in [0.25, 0.3) is 0 Å². The normalized spacial score (nSPS) is 13.1. The van der Waals surface area contributed by atoms with Gasteiger partial charge in [0.15, 0.2) is 0 Å². The van der Waals surface area contributed by atoms with Gasteiger partial charge in [-0.25, -0.2) is 0 Å². The lowest BCUT2D eigenvalue weighted by atomic mass is 10.00. The summed E-state index contributed by atoms with van der Waals surface area (Å²) in [5.41, 5.74) is 0.730. The zero-order chi connectivity index (χ0) is 11.4. The number of hydrogen-bond donors (Lipinski definition) is 1. The number of aromatic nitrogens is 1. The summed E-state index contributed by atoms with van der Waals surface area (Å²) in [7, 11) is 0. The summed E-state index contributed by atoms with van der Waals surface area (Å²) >= 11 is 0. The Morgan fingerprint density at radius 3 is 2.67 bits per heavy atom. The van der Waals surface area contributed by atoms with Gasteiger partial charge in [0, 0.05) is 18.4 Å². The maximum absolute atomic E-state index is 10.8. The van der Waals surface area contributed by atoms with E-state index < -0.39 is 5.97 Å². The fraction of sp³-hybridized carbons (Fsp3) is 0.636. The number of rotatable bonds is 5. The quantitative estimate of drug-likeness (QED) is 0.812. The molecule has 0 radical (unpaired) electrons. The molecule has 0 amide bonds. The van der Waals surface area contributed by atoms with Gasteiger partial charge in [0.2, 0.25) is 0 Å². The SMILES string of the molecule is CCC(Cc1cc(C(C)C)on1)C(=O)O. The van der Waals surface area contributed by atoms with Crippen LogP contribution >= 0.6 is 0 Å². The van der Waals surface area contributed by atoms with Gasteiger partial charge in [-0.2, -0.15) is 0 Å². The third-order valence-electron chi connectivity index (χ3n) is 2.44. The van der Waals surface area contributed by atoms with Crippen molar-refractivity contribution in [2.75, 3.05) is 0 Å². The smallest absolute Gasteiger partial charge is 0.306 e. The largest absolute Gasteiger partial charge is 0.481 e. The molecule has 1 aromatic rings. The number of carboxylic acids is 1. The topological polar surface area (TPSA) is 63.3 Å². The average Bonchev–Trinajstić information content (AvgIpc) is 2.61. The summed E-state index contributed by atoms with van der Waals surface area (Å²) < 4.78 is 5.11. The van der Waals surface area contributed by atoms with E-state index in [4.69, 9.17) is 9.63 Å². The van der Waals surface area contributed by atoms with Crippen LogP contribution in [0.5, 0.6) is 0 Å². The number of hydrogen-bond acceptors (Lipinski definition) is 3. The highest BCUT2D eigenvalue weighted by atomic mass is 16.5. The van der Waals surface area contributed by atoms with Gasteiger partial charge in [-0.05, 0) is 6.42 Å². The van der Waals surface area contributed by atoms with Gasteiger partial charge in [0.05, 0.1) is 11.6 Å². The van der Waals surface area contributed by atoms with Gasteiger partial charge in [0.1, 0.15) is 5.76 Å². The Hall–Kier alpha value is -1.32. The van der Waals surface area contributed by atoms with Crippen LogP contribution in [-0.2, 0) is 11.2 Å². The van der Waals surface area contributed by atoms with Gasteiger partial charge in [-0.1, -0.05) is 25.9 Å². The van der Waals surface area contributed by atoms with Gasteiger partial charge in [-0.3, -0.25) is 4.79 Å². The molecule has 0 aliphatic heterocycles. The predicted molar refractivity (Wildman–Crippen MR) is 55.7 cm³/mol. The van der Waals surface area contributed by atoms with Crippen molar-refractivity contribution in [3.05, 3.63) is 17.5 Å². The van der Waals surface area contributed by atoms with Crippen molar-refractivity contribution in [2.24, 2.45) is 5.92 Å². The lowest BCUT2D eigenvalue weighted by molar-refractivity contribution is -0.141. The maximum Gasteiger partial charge on any atom is 0.306 e. The molecule has 15 heavy (non-hydrogen) atoms. The number of nitrogens with zero attached hydrogens (tertiary/aromatic N) is 1. The fourth-order valence-electron chi connectivity index (χ4n) is 1.36. The van der Waals surface area contributed by atoms with Crippen molar-refractivity contribution in [2.45, 2.75) is 39.5 Å². The molecule has 84 valence electrons. The van der Waals surface area contributed by atoms with E-state index in [2.05, 4.69) is 5.16 Å². The van der Waals surface area contributed by atoms with E-state index in [0.717, 1.165) is 11.5 Å². The molecular weight excluding hydrogens is 194 g/mol. The zero-order valence-electron chi connectivity index (χ0n) is 9.36. The van der Waals surface area contributed by atoms with Gasteiger partial charge in [-0.15, -0.1) is 0 Å². The van der Waals surface area contributed by atoms with E-state index in [1.54, 1.807) is 0 Å². The lowest BCUT2D eigenvalue weighted by Gasteiger charge is -2.05. The molecule has 1 atom stereocenters. The second-order valence-electron chi connectivity index (χ2n) is 4.02. The van der Waals surface area contributed by atoms with E-state index in [0.29, 0.717) is 12.8 Å². The van der Waals surface area contributed by atoms with Crippen LogP contribution in [0.1, 0.15) is 44.6 Å². The highest BCUT2D eigenvalue weighted by molar-refractivity contribution is 5.70. The second-order valence-corrected chi connectivity index (χ2v) is 4.02. The second kappa shape index (κ2) is 4.96. The van der Waals surface area contributed by atoms with Crippen molar-refractivity contribution in [1.29, 1.82) is 0 Å². The first-order valence-electron chi connectivity index (χ1n) is 5.22. The Morgan fingerprint density at radius 1 is 1.60 bits per heavy atom. The van der Waals surface area contributed by atoms with Crippen LogP contribution in [0.3, 0.4) is 0 Å². The van der Waals surface area contributed by atoms with Crippen molar-refractivity contribution in [3.8, 4) is 0 Å². The van der Waals surface area contributed by atoms with Crippen LogP contribution in [0.4, 0.5) is 0 Å². The first kappa shape index (κ1) is 11.8. The lowest BCUT2D eigenvalue weighted by Crippen LogP contribution is -2.15. The monoisotopic (exact) mass is 211 g/mol. The van der Waals surface area contributed by atoms with E-state index >= 15 is 0 Å². The molecule has 0 aromatic carbocycles. The first-order valence-corrected chi connectivity index (χ1v) is 5.22. The van der Waals surface area contributed by atoms with Crippen LogP contribution in [0.25, 0.3) is 0 Å². The van der Waals surface area contributed by atoms with E-state index in [1.165, 1.54) is 0 Å². The predicted octanol–water partition coefficient (Wildman–Crippen LogP) is 2.45. The number of aliphatic carboxylic acids is 1. The van der Waals surface area contributed by atoms with E-state index in [-0.39, 0.29) is 11.8 Å². The summed E-state index contributed by atoms with van der Waals surface area (Å²) in [6.07, 6.45) is 1.06. The van der Waals surface area contributed by atoms with Crippen LogP contribution in [0.2, 0.25) is 0 Å². The molecule has 0 fully saturated rings. The van der Waals surface area contributed by atoms with Crippen LogP contribution < -0.4 is 0 Å². The highest BCUT2D eigenvalue weighted by Crippen LogP contribution is 2.18. The zero-order valence-corrected chi connectivity index (χ0v) is 9.36. The highest BCUT2D eigenvalue weighted by Gasteiger charge is 2.18. The fourth-order valence-corrected chi connectivity index (χ4v) is 1.36. The molecule has 0 bridgehead atoms. The van der Waals surface area contributed by atoms with E-state index in [1.807, 2.05) is 26.8 Å². The molecule has 1 N–H and O–H groups in total. The van der Waals surface area contributed by atoms with Crippen LogP contribution in [-0.4, -0.2) is 16.2 Å². The molecule has 0 saturated carbocycles. The number of carboxylic acid groups (broad SMARTS) is 1. The molecule has 0 spiro atoms. The Bertz CT molecular complexity index is 330. The molecule has 0 aliphatic carbocycles. The average molecular weight is 211 g/mol. The Balaban J connectivity index is 2.67. The van der Waals surface area contributed by atoms with Crippen molar-refractivity contribution < 1.29 is 14.4 Å². The minimum Gasteiger partial charge on any atom is -0.481 e. The maximum atomic E-state index is 10.8. The first-order chi connectivity index (χ1) is 7.04. The van der Waals surface area contributed by atoms with Crippen LogP contribution in [0.15, 0.2) is 10.6 Å². The summed E-state index contributed by atoms with van der Waals surface area (Å²) in [6, 6.07) is 1.84. The molecule has 1 rings (SSSR count). The molecule has 0 aliphatic rings. The molecular formula is C11H17NO3. The summed E-state index contributed by atoms with van der Waals surface area (Å²) in [4.78, 5) is 10.8. The van der Waals surface area contributed by atoms with Gasteiger partial charge < -0.3 is 9.63 Å². The summed E-state index contributed by atoms with van der Waals surface area (Å²) in [5.74, 6) is -0.0388.